The Morgan fingerprint density at radius 2 is 2.11 bits per heavy atom. The van der Waals surface area contributed by atoms with Crippen molar-refractivity contribution in [3.63, 3.8) is 0 Å². The molecule has 0 atom stereocenters. The summed E-state index contributed by atoms with van der Waals surface area (Å²) in [7, 11) is 0. The summed E-state index contributed by atoms with van der Waals surface area (Å²) in [6, 6.07) is 0. The van der Waals surface area contributed by atoms with Crippen molar-refractivity contribution in [2.24, 2.45) is 5.92 Å². The van der Waals surface area contributed by atoms with Gasteiger partial charge in [-0.15, -0.1) is 0 Å². The molecule has 1 heterocycles. The Morgan fingerprint density at radius 3 is 2.89 bits per heavy atom. The summed E-state index contributed by atoms with van der Waals surface area (Å²) in [6.45, 7) is 4.23. The van der Waals surface area contributed by atoms with Gasteiger partial charge < -0.3 is 9.73 Å². The Kier molecular flexibility index (Phi) is 5.72. The Labute approximate surface area is 110 Å². The molecule has 1 fully saturated rings. The smallest absolute Gasteiger partial charge is 0.195 e. The first kappa shape index (κ1) is 13.6. The molecule has 3 nitrogen and oxygen atoms in total. The van der Waals surface area contributed by atoms with Gasteiger partial charge in [0.05, 0.1) is 6.20 Å². The molecule has 1 saturated carbocycles. The third-order valence-corrected chi connectivity index (χ3v) is 3.82. The highest BCUT2D eigenvalue weighted by Gasteiger charge is 2.15. The number of hydrogen-bond donors (Lipinski definition) is 1. The van der Waals surface area contributed by atoms with Gasteiger partial charge in [0, 0.05) is 19.4 Å². The summed E-state index contributed by atoms with van der Waals surface area (Å²) in [5.41, 5.74) is 0. The van der Waals surface area contributed by atoms with E-state index in [4.69, 9.17) is 4.42 Å². The second kappa shape index (κ2) is 7.57. The summed E-state index contributed by atoms with van der Waals surface area (Å²) in [4.78, 5) is 4.35. The highest BCUT2D eigenvalue weighted by molar-refractivity contribution is 4.95. The van der Waals surface area contributed by atoms with Gasteiger partial charge in [0.1, 0.15) is 5.76 Å². The molecule has 0 amide bonds. The molecule has 0 saturated heterocycles. The summed E-state index contributed by atoms with van der Waals surface area (Å²) in [5.74, 6) is 2.90. The summed E-state index contributed by atoms with van der Waals surface area (Å²) in [5, 5.41) is 3.37. The van der Waals surface area contributed by atoms with E-state index in [0.29, 0.717) is 0 Å². The molecule has 2 rings (SSSR count). The molecular formula is C15H26N2O. The Balaban J connectivity index is 1.65. The van der Waals surface area contributed by atoms with Gasteiger partial charge >= 0.3 is 0 Å². The van der Waals surface area contributed by atoms with E-state index < -0.39 is 0 Å². The van der Waals surface area contributed by atoms with Gasteiger partial charge in [0.2, 0.25) is 0 Å². The molecule has 102 valence electrons. The van der Waals surface area contributed by atoms with Crippen LogP contribution < -0.4 is 5.32 Å². The fraction of sp³-hybridized carbons (Fsp3) is 0.800. The van der Waals surface area contributed by atoms with Crippen LogP contribution in [0.15, 0.2) is 10.6 Å². The first-order valence-corrected chi connectivity index (χ1v) is 7.52. The largest absolute Gasteiger partial charge is 0.446 e. The van der Waals surface area contributed by atoms with Crippen molar-refractivity contribution in [3.8, 4) is 0 Å². The van der Waals surface area contributed by atoms with Crippen LogP contribution in [0.2, 0.25) is 0 Å². The van der Waals surface area contributed by atoms with Gasteiger partial charge in [-0.05, 0) is 25.3 Å². The highest BCUT2D eigenvalue weighted by Crippen LogP contribution is 2.28. The topological polar surface area (TPSA) is 38.1 Å². The molecule has 3 heteroatoms. The number of oxazole rings is 1. The molecular weight excluding hydrogens is 224 g/mol. The maximum absolute atomic E-state index is 5.77. The van der Waals surface area contributed by atoms with Gasteiger partial charge in [0.25, 0.3) is 0 Å². The fourth-order valence-corrected chi connectivity index (χ4v) is 2.72. The molecule has 1 N–H and O–H groups in total. The number of nitrogens with one attached hydrogen (secondary N) is 1. The van der Waals surface area contributed by atoms with Crippen molar-refractivity contribution in [2.45, 2.75) is 58.3 Å². The molecule has 0 bridgehead atoms. The molecule has 1 aliphatic rings. The number of aromatic nitrogens is 1. The van der Waals surface area contributed by atoms with Crippen LogP contribution in [0.4, 0.5) is 0 Å². The fourth-order valence-electron chi connectivity index (χ4n) is 2.72. The van der Waals surface area contributed by atoms with E-state index in [0.717, 1.165) is 43.5 Å². The average Bonchev–Trinajstić information content (AvgIpc) is 3.03. The van der Waals surface area contributed by atoms with Gasteiger partial charge in [-0.3, -0.25) is 0 Å². The quantitative estimate of drug-likeness (QED) is 0.719. The van der Waals surface area contributed by atoms with Crippen molar-refractivity contribution in [2.75, 3.05) is 13.1 Å². The third-order valence-electron chi connectivity index (χ3n) is 3.82. The molecule has 0 spiro atoms. The zero-order chi connectivity index (χ0) is 12.6. The van der Waals surface area contributed by atoms with Gasteiger partial charge in [-0.25, -0.2) is 4.98 Å². The molecule has 0 aliphatic heterocycles. The van der Waals surface area contributed by atoms with Crippen LogP contribution in [0.1, 0.15) is 57.1 Å². The van der Waals surface area contributed by atoms with Crippen LogP contribution >= 0.6 is 0 Å². The predicted molar refractivity (Wildman–Crippen MR) is 73.6 cm³/mol. The van der Waals surface area contributed by atoms with Crippen LogP contribution in [0.3, 0.4) is 0 Å². The van der Waals surface area contributed by atoms with Crippen molar-refractivity contribution in [1.29, 1.82) is 0 Å². The second-order valence-electron chi connectivity index (χ2n) is 5.41. The van der Waals surface area contributed by atoms with E-state index in [1.807, 2.05) is 6.20 Å². The zero-order valence-electron chi connectivity index (χ0n) is 11.6. The predicted octanol–water partition coefficient (Wildman–Crippen LogP) is 3.34. The maximum atomic E-state index is 5.77. The zero-order valence-corrected chi connectivity index (χ0v) is 11.6. The van der Waals surface area contributed by atoms with Crippen LogP contribution in [0, 0.1) is 5.92 Å². The lowest BCUT2D eigenvalue weighted by molar-refractivity contribution is 0.419. The molecule has 0 unspecified atom stereocenters. The minimum atomic E-state index is 0.889. The molecule has 0 aromatic carbocycles. The van der Waals surface area contributed by atoms with E-state index in [9.17, 15) is 0 Å². The molecule has 18 heavy (non-hydrogen) atoms. The number of nitrogens with zero attached hydrogens (tertiary/aromatic N) is 1. The van der Waals surface area contributed by atoms with Crippen LogP contribution in [-0.4, -0.2) is 18.1 Å². The summed E-state index contributed by atoms with van der Waals surface area (Å²) in [6.07, 6.45) is 12.0. The minimum Gasteiger partial charge on any atom is -0.446 e. The summed E-state index contributed by atoms with van der Waals surface area (Å²) < 4.78 is 5.77. The first-order chi connectivity index (χ1) is 8.88. The van der Waals surface area contributed by atoms with E-state index in [2.05, 4.69) is 17.2 Å². The van der Waals surface area contributed by atoms with E-state index >= 15 is 0 Å². The van der Waals surface area contributed by atoms with Crippen molar-refractivity contribution < 1.29 is 4.42 Å². The lowest BCUT2D eigenvalue weighted by Gasteiger charge is -2.05. The van der Waals surface area contributed by atoms with Crippen LogP contribution in [-0.2, 0) is 12.8 Å². The molecule has 1 aromatic heterocycles. The van der Waals surface area contributed by atoms with Gasteiger partial charge in [-0.2, -0.15) is 0 Å². The summed E-state index contributed by atoms with van der Waals surface area (Å²) >= 11 is 0. The van der Waals surface area contributed by atoms with E-state index in [-0.39, 0.29) is 0 Å². The standard InChI is InChI=1S/C15H26N2O/c1-2-10-16-11-9-15-17-12-14(18-15)8-7-13-5-3-4-6-13/h12-13,16H,2-11H2,1H3. The molecule has 1 aromatic rings. The second-order valence-corrected chi connectivity index (χ2v) is 5.41. The monoisotopic (exact) mass is 250 g/mol. The lowest BCUT2D eigenvalue weighted by Crippen LogP contribution is -2.17. The van der Waals surface area contributed by atoms with Crippen LogP contribution in [0.25, 0.3) is 0 Å². The van der Waals surface area contributed by atoms with Gasteiger partial charge in [-0.1, -0.05) is 32.6 Å². The SMILES string of the molecule is CCCNCCc1ncc(CCC2CCCC2)o1. The van der Waals surface area contributed by atoms with Crippen molar-refractivity contribution in [1.82, 2.24) is 10.3 Å². The Hall–Kier alpha value is -0.830. The van der Waals surface area contributed by atoms with E-state index in [1.165, 1.54) is 38.5 Å². The first-order valence-electron chi connectivity index (χ1n) is 7.52. The molecule has 0 radical (unpaired) electrons. The Bertz CT molecular complexity index is 329. The number of rotatable bonds is 8. The van der Waals surface area contributed by atoms with Gasteiger partial charge in [0.15, 0.2) is 5.89 Å². The van der Waals surface area contributed by atoms with Crippen molar-refractivity contribution in [3.05, 3.63) is 17.8 Å². The normalized spacial score (nSPS) is 16.5. The number of aryl methyl sites for hydroxylation is 1. The van der Waals surface area contributed by atoms with Crippen LogP contribution in [0.5, 0.6) is 0 Å². The number of hydrogen-bond acceptors (Lipinski definition) is 3. The highest BCUT2D eigenvalue weighted by atomic mass is 16.4. The average molecular weight is 250 g/mol. The Morgan fingerprint density at radius 1 is 1.28 bits per heavy atom. The molecule has 1 aliphatic carbocycles. The minimum absolute atomic E-state index is 0.889. The third kappa shape index (κ3) is 4.45. The lowest BCUT2D eigenvalue weighted by atomic mass is 10.0. The van der Waals surface area contributed by atoms with Crippen molar-refractivity contribution >= 4 is 0 Å². The van der Waals surface area contributed by atoms with E-state index in [1.54, 1.807) is 0 Å². The maximum Gasteiger partial charge on any atom is 0.195 e.